The molecule has 0 aromatic rings. The summed E-state index contributed by atoms with van der Waals surface area (Å²) in [6.07, 6.45) is -0.407. The lowest BCUT2D eigenvalue weighted by Gasteiger charge is -2.34. The Hall–Kier alpha value is -0.690. The number of piperazine rings is 1. The molecule has 6 heteroatoms. The summed E-state index contributed by atoms with van der Waals surface area (Å²) >= 11 is 0. The zero-order valence-corrected chi connectivity index (χ0v) is 13.3. The molecule has 0 aromatic heterocycles. The molecule has 6 nitrogen and oxygen atoms in total. The van der Waals surface area contributed by atoms with Gasteiger partial charge in [0, 0.05) is 45.3 Å². The van der Waals surface area contributed by atoms with Crippen molar-refractivity contribution in [3.63, 3.8) is 0 Å². The van der Waals surface area contributed by atoms with E-state index in [1.807, 2.05) is 25.8 Å². The first-order chi connectivity index (χ1) is 9.36. The number of rotatable bonds is 7. The van der Waals surface area contributed by atoms with Crippen LogP contribution in [0.25, 0.3) is 0 Å². The van der Waals surface area contributed by atoms with Crippen LogP contribution in [0, 0.1) is 0 Å². The van der Waals surface area contributed by atoms with Crippen molar-refractivity contribution in [3.8, 4) is 0 Å². The van der Waals surface area contributed by atoms with Crippen LogP contribution in [0.15, 0.2) is 0 Å². The molecule has 0 spiro atoms. The zero-order chi connectivity index (χ0) is 15.1. The summed E-state index contributed by atoms with van der Waals surface area (Å²) in [6, 6.07) is 0.158. The monoisotopic (exact) mass is 286 g/mol. The van der Waals surface area contributed by atoms with Gasteiger partial charge in [0.05, 0.1) is 12.6 Å². The van der Waals surface area contributed by atoms with Crippen LogP contribution in [-0.2, 0) is 4.79 Å². The topological polar surface area (TPSA) is 59.1 Å². The number of hydrogen-bond donors (Lipinski definition) is 2. The Morgan fingerprint density at radius 3 is 2.45 bits per heavy atom. The first kappa shape index (κ1) is 17.4. The van der Waals surface area contributed by atoms with Gasteiger partial charge in [-0.3, -0.25) is 14.6 Å². The number of nitrogens with zero attached hydrogens (tertiary/aromatic N) is 3. The van der Waals surface area contributed by atoms with E-state index in [9.17, 15) is 9.90 Å². The van der Waals surface area contributed by atoms with Crippen molar-refractivity contribution in [2.75, 3.05) is 59.9 Å². The van der Waals surface area contributed by atoms with Gasteiger partial charge in [-0.2, -0.15) is 0 Å². The maximum atomic E-state index is 11.6. The first-order valence-electron chi connectivity index (χ1n) is 7.43. The molecule has 1 amide bonds. The molecule has 1 saturated heterocycles. The molecule has 0 aromatic carbocycles. The average Bonchev–Trinajstić information content (AvgIpc) is 2.30. The summed E-state index contributed by atoms with van der Waals surface area (Å²) in [5.41, 5.74) is 0. The van der Waals surface area contributed by atoms with Crippen molar-refractivity contribution < 1.29 is 9.90 Å². The zero-order valence-electron chi connectivity index (χ0n) is 13.3. The maximum absolute atomic E-state index is 11.6. The molecule has 1 heterocycles. The van der Waals surface area contributed by atoms with E-state index < -0.39 is 6.10 Å². The van der Waals surface area contributed by atoms with Gasteiger partial charge in [-0.05, 0) is 27.9 Å². The second kappa shape index (κ2) is 8.56. The number of likely N-dealkylation sites (N-methyl/N-ethyl adjacent to an activating group) is 2. The van der Waals surface area contributed by atoms with Crippen LogP contribution < -0.4 is 5.32 Å². The van der Waals surface area contributed by atoms with E-state index in [0.717, 1.165) is 26.2 Å². The molecule has 0 saturated carbocycles. The van der Waals surface area contributed by atoms with Crippen molar-refractivity contribution in [1.29, 1.82) is 0 Å². The van der Waals surface area contributed by atoms with Crippen LogP contribution in [0.5, 0.6) is 0 Å². The summed E-state index contributed by atoms with van der Waals surface area (Å²) in [5.74, 6) is 0.00861. The van der Waals surface area contributed by atoms with E-state index in [0.29, 0.717) is 19.6 Å². The molecule has 1 rings (SSSR count). The highest BCUT2D eigenvalue weighted by Crippen LogP contribution is 2.01. The smallest absolute Gasteiger partial charge is 0.234 e. The number of aliphatic hydroxyl groups is 1. The van der Waals surface area contributed by atoms with Gasteiger partial charge in [0.1, 0.15) is 0 Å². The van der Waals surface area contributed by atoms with Crippen molar-refractivity contribution >= 4 is 5.91 Å². The Kier molecular flexibility index (Phi) is 7.43. The van der Waals surface area contributed by atoms with Crippen molar-refractivity contribution in [2.24, 2.45) is 0 Å². The van der Waals surface area contributed by atoms with Gasteiger partial charge in [0.2, 0.25) is 5.91 Å². The first-order valence-corrected chi connectivity index (χ1v) is 7.43. The van der Waals surface area contributed by atoms with Crippen LogP contribution in [0.4, 0.5) is 0 Å². The van der Waals surface area contributed by atoms with Gasteiger partial charge in [0.15, 0.2) is 0 Å². The van der Waals surface area contributed by atoms with Crippen molar-refractivity contribution in [3.05, 3.63) is 0 Å². The van der Waals surface area contributed by atoms with Crippen LogP contribution >= 0.6 is 0 Å². The fraction of sp³-hybridized carbons (Fsp3) is 0.929. The molecule has 1 aliphatic heterocycles. The minimum Gasteiger partial charge on any atom is -0.390 e. The minimum atomic E-state index is -0.407. The standard InChI is InChI=1S/C14H30N4O2/c1-12(2)15-14(20)11-17(4)9-13(19)10-18-7-5-16(3)6-8-18/h12-13,19H,5-11H2,1-4H3,(H,15,20). The number of β-amino-alcohol motifs (C(OH)–C–C–N with tert-alkyl or cyclic N) is 1. The van der Waals surface area contributed by atoms with Gasteiger partial charge < -0.3 is 15.3 Å². The Morgan fingerprint density at radius 1 is 1.30 bits per heavy atom. The summed E-state index contributed by atoms with van der Waals surface area (Å²) < 4.78 is 0. The molecule has 1 aliphatic rings. The van der Waals surface area contributed by atoms with E-state index >= 15 is 0 Å². The molecule has 1 unspecified atom stereocenters. The van der Waals surface area contributed by atoms with E-state index in [1.54, 1.807) is 0 Å². The molecule has 20 heavy (non-hydrogen) atoms. The number of hydrogen-bond acceptors (Lipinski definition) is 5. The molecule has 0 radical (unpaired) electrons. The normalized spacial score (nSPS) is 19.6. The molecule has 118 valence electrons. The lowest BCUT2D eigenvalue weighted by molar-refractivity contribution is -0.122. The third kappa shape index (κ3) is 7.19. The van der Waals surface area contributed by atoms with Gasteiger partial charge >= 0.3 is 0 Å². The summed E-state index contributed by atoms with van der Waals surface area (Å²) in [4.78, 5) is 18.1. The van der Waals surface area contributed by atoms with E-state index in [2.05, 4.69) is 22.2 Å². The largest absolute Gasteiger partial charge is 0.390 e. The second-order valence-corrected chi connectivity index (χ2v) is 6.18. The molecule has 1 fully saturated rings. The summed E-state index contributed by atoms with van der Waals surface area (Å²) in [7, 11) is 3.99. The van der Waals surface area contributed by atoms with E-state index in [4.69, 9.17) is 0 Å². The SMILES string of the molecule is CC(C)NC(=O)CN(C)CC(O)CN1CCN(C)CC1. The predicted octanol–water partition coefficient (Wildman–Crippen LogP) is -0.949. The van der Waals surface area contributed by atoms with Gasteiger partial charge in [-0.1, -0.05) is 0 Å². The van der Waals surface area contributed by atoms with Gasteiger partial charge in [-0.15, -0.1) is 0 Å². The lowest BCUT2D eigenvalue weighted by atomic mass is 10.2. The van der Waals surface area contributed by atoms with Crippen LogP contribution in [0.2, 0.25) is 0 Å². The quantitative estimate of drug-likeness (QED) is 0.632. The third-order valence-electron chi connectivity index (χ3n) is 3.45. The number of nitrogens with one attached hydrogen (secondary N) is 1. The van der Waals surface area contributed by atoms with Crippen molar-refractivity contribution in [1.82, 2.24) is 20.0 Å². The highest BCUT2D eigenvalue weighted by atomic mass is 16.3. The molecule has 2 N–H and O–H groups in total. The number of amides is 1. The highest BCUT2D eigenvalue weighted by Gasteiger charge is 2.18. The molecular weight excluding hydrogens is 256 g/mol. The van der Waals surface area contributed by atoms with E-state index in [1.165, 1.54) is 0 Å². The number of aliphatic hydroxyl groups excluding tert-OH is 1. The van der Waals surface area contributed by atoms with Crippen LogP contribution in [0.1, 0.15) is 13.8 Å². The molecule has 0 aliphatic carbocycles. The molecule has 1 atom stereocenters. The Labute approximate surface area is 122 Å². The van der Waals surface area contributed by atoms with Gasteiger partial charge in [-0.25, -0.2) is 0 Å². The summed E-state index contributed by atoms with van der Waals surface area (Å²) in [6.45, 7) is 9.55. The molecule has 0 bridgehead atoms. The average molecular weight is 286 g/mol. The molecular formula is C14H30N4O2. The second-order valence-electron chi connectivity index (χ2n) is 6.18. The fourth-order valence-corrected chi connectivity index (χ4v) is 2.42. The van der Waals surface area contributed by atoms with E-state index in [-0.39, 0.29) is 11.9 Å². The summed E-state index contributed by atoms with van der Waals surface area (Å²) in [5, 5.41) is 13.0. The maximum Gasteiger partial charge on any atom is 0.234 e. The van der Waals surface area contributed by atoms with Crippen LogP contribution in [0.3, 0.4) is 0 Å². The van der Waals surface area contributed by atoms with Crippen molar-refractivity contribution in [2.45, 2.75) is 26.0 Å². The Balaban J connectivity index is 2.20. The predicted molar refractivity (Wildman–Crippen MR) is 80.7 cm³/mol. The Morgan fingerprint density at radius 2 is 1.90 bits per heavy atom. The number of carbonyl (C=O) groups excluding carboxylic acids is 1. The Bertz CT molecular complexity index is 291. The highest BCUT2D eigenvalue weighted by molar-refractivity contribution is 5.78. The minimum absolute atomic E-state index is 0.00861. The lowest BCUT2D eigenvalue weighted by Crippen LogP contribution is -2.49. The number of carbonyl (C=O) groups is 1. The van der Waals surface area contributed by atoms with Crippen LogP contribution in [-0.4, -0.2) is 97.8 Å². The third-order valence-corrected chi connectivity index (χ3v) is 3.45. The van der Waals surface area contributed by atoms with Gasteiger partial charge in [0.25, 0.3) is 0 Å². The fourth-order valence-electron chi connectivity index (χ4n) is 2.42.